The van der Waals surface area contributed by atoms with Crippen LogP contribution >= 0.6 is 11.8 Å². The summed E-state index contributed by atoms with van der Waals surface area (Å²) in [4.78, 5) is 16.5. The third kappa shape index (κ3) is 5.93. The van der Waals surface area contributed by atoms with Crippen LogP contribution in [0, 0.1) is 5.92 Å². The number of carbonyl (C=O) groups is 1. The molecule has 0 spiro atoms. The highest BCUT2D eigenvalue weighted by Gasteiger charge is 2.26. The van der Waals surface area contributed by atoms with Crippen LogP contribution in [0.15, 0.2) is 28.3 Å². The van der Waals surface area contributed by atoms with E-state index in [0.717, 1.165) is 25.8 Å². The first-order valence-corrected chi connectivity index (χ1v) is 12.3. The molecule has 2 fully saturated rings. The van der Waals surface area contributed by atoms with Gasteiger partial charge in [0, 0.05) is 25.8 Å². The second-order valence-electron chi connectivity index (χ2n) is 7.39. The third-order valence-corrected chi connectivity index (χ3v) is 8.15. The van der Waals surface area contributed by atoms with Crippen molar-refractivity contribution in [3.05, 3.63) is 18.3 Å². The van der Waals surface area contributed by atoms with Crippen molar-refractivity contribution in [2.24, 2.45) is 5.92 Å². The van der Waals surface area contributed by atoms with E-state index >= 15 is 0 Å². The lowest BCUT2D eigenvalue weighted by Gasteiger charge is -2.25. The molecule has 27 heavy (non-hydrogen) atoms. The quantitative estimate of drug-likeness (QED) is 0.698. The van der Waals surface area contributed by atoms with Gasteiger partial charge in [0.15, 0.2) is 0 Å². The molecule has 1 saturated heterocycles. The molecule has 1 saturated carbocycles. The molecule has 0 unspecified atom stereocenters. The SMILES string of the molecule is O=C(CSc1ccc(S(=O)(=O)N2CCCCC2)cn1)NCC1CCCCC1. The van der Waals surface area contributed by atoms with Gasteiger partial charge >= 0.3 is 0 Å². The molecule has 1 N–H and O–H groups in total. The number of nitrogens with one attached hydrogen (secondary N) is 1. The molecule has 2 aliphatic rings. The highest BCUT2D eigenvalue weighted by molar-refractivity contribution is 7.99. The fourth-order valence-corrected chi connectivity index (χ4v) is 5.83. The number of pyridine rings is 1. The van der Waals surface area contributed by atoms with Crippen molar-refractivity contribution < 1.29 is 13.2 Å². The van der Waals surface area contributed by atoms with Gasteiger partial charge in [-0.25, -0.2) is 13.4 Å². The minimum atomic E-state index is -3.45. The van der Waals surface area contributed by atoms with Gasteiger partial charge < -0.3 is 5.32 Å². The number of nitrogens with zero attached hydrogens (tertiary/aromatic N) is 2. The van der Waals surface area contributed by atoms with Crippen LogP contribution in [-0.2, 0) is 14.8 Å². The van der Waals surface area contributed by atoms with Crippen molar-refractivity contribution in [1.82, 2.24) is 14.6 Å². The number of sulfonamides is 1. The molecule has 0 atom stereocenters. The predicted molar refractivity (Wildman–Crippen MR) is 107 cm³/mol. The van der Waals surface area contributed by atoms with Crippen LogP contribution in [0.3, 0.4) is 0 Å². The lowest BCUT2D eigenvalue weighted by atomic mass is 9.89. The molecule has 3 rings (SSSR count). The number of carbonyl (C=O) groups excluding carboxylic acids is 1. The van der Waals surface area contributed by atoms with Crippen LogP contribution in [0.25, 0.3) is 0 Å². The number of hydrogen-bond acceptors (Lipinski definition) is 5. The zero-order valence-corrected chi connectivity index (χ0v) is 17.4. The first-order chi connectivity index (χ1) is 13.1. The molecule has 2 heterocycles. The maximum Gasteiger partial charge on any atom is 0.244 e. The average molecular weight is 412 g/mol. The van der Waals surface area contributed by atoms with E-state index in [4.69, 9.17) is 0 Å². The normalized spacial score (nSPS) is 19.7. The summed E-state index contributed by atoms with van der Waals surface area (Å²) in [6, 6.07) is 3.29. The van der Waals surface area contributed by atoms with Gasteiger partial charge in [0.2, 0.25) is 15.9 Å². The summed E-state index contributed by atoms with van der Waals surface area (Å²) in [6.45, 7) is 1.93. The van der Waals surface area contributed by atoms with Crippen LogP contribution in [0.1, 0.15) is 51.4 Å². The number of hydrogen-bond donors (Lipinski definition) is 1. The predicted octanol–water partition coefficient (Wildman–Crippen LogP) is 3.04. The van der Waals surface area contributed by atoms with E-state index in [1.165, 1.54) is 50.1 Å². The lowest BCUT2D eigenvalue weighted by Crippen LogP contribution is -2.35. The molecule has 1 aliphatic carbocycles. The summed E-state index contributed by atoms with van der Waals surface area (Å²) in [7, 11) is -3.45. The highest BCUT2D eigenvalue weighted by atomic mass is 32.2. The topological polar surface area (TPSA) is 79.4 Å². The Kier molecular flexibility index (Phi) is 7.55. The van der Waals surface area contributed by atoms with E-state index in [-0.39, 0.29) is 10.8 Å². The van der Waals surface area contributed by atoms with Crippen LogP contribution in [-0.4, -0.2) is 49.0 Å². The number of aromatic nitrogens is 1. The van der Waals surface area contributed by atoms with Crippen LogP contribution in [0.5, 0.6) is 0 Å². The second-order valence-corrected chi connectivity index (χ2v) is 10.3. The Labute approximate surface area is 166 Å². The van der Waals surface area contributed by atoms with E-state index in [0.29, 0.717) is 29.8 Å². The molecular weight excluding hydrogens is 382 g/mol. The number of piperidine rings is 1. The van der Waals surface area contributed by atoms with Crippen molar-refractivity contribution in [3.63, 3.8) is 0 Å². The van der Waals surface area contributed by atoms with Gasteiger partial charge in [-0.1, -0.05) is 37.4 Å². The Balaban J connectivity index is 1.46. The molecule has 1 aromatic rings. The minimum absolute atomic E-state index is 0.0115. The Hall–Kier alpha value is -1.12. The standard InChI is InChI=1S/C19H29N3O3S2/c23-18(20-13-16-7-3-1-4-8-16)15-26-19-10-9-17(14-21-19)27(24,25)22-11-5-2-6-12-22/h9-10,14,16H,1-8,11-13,15H2,(H,20,23). The molecule has 0 bridgehead atoms. The Bertz CT molecular complexity index is 710. The van der Waals surface area contributed by atoms with Gasteiger partial charge in [0.05, 0.1) is 10.8 Å². The molecule has 0 aromatic carbocycles. The summed E-state index contributed by atoms with van der Waals surface area (Å²) in [5.74, 6) is 0.931. The fraction of sp³-hybridized carbons (Fsp3) is 0.684. The number of rotatable bonds is 7. The smallest absolute Gasteiger partial charge is 0.244 e. The zero-order valence-electron chi connectivity index (χ0n) is 15.7. The molecule has 1 aliphatic heterocycles. The summed E-state index contributed by atoms with van der Waals surface area (Å²) < 4.78 is 26.8. The first kappa shape index (κ1) is 20.6. The summed E-state index contributed by atoms with van der Waals surface area (Å²) >= 11 is 1.34. The van der Waals surface area contributed by atoms with Crippen molar-refractivity contribution in [2.75, 3.05) is 25.4 Å². The fourth-order valence-electron chi connectivity index (χ4n) is 3.70. The van der Waals surface area contributed by atoms with Crippen LogP contribution in [0.2, 0.25) is 0 Å². The second kappa shape index (κ2) is 9.89. The van der Waals surface area contributed by atoms with E-state index in [1.807, 2.05) is 0 Å². The van der Waals surface area contributed by atoms with Crippen molar-refractivity contribution in [1.29, 1.82) is 0 Å². The van der Waals surface area contributed by atoms with Crippen LogP contribution in [0.4, 0.5) is 0 Å². The van der Waals surface area contributed by atoms with E-state index in [1.54, 1.807) is 16.4 Å². The molecular formula is C19H29N3O3S2. The van der Waals surface area contributed by atoms with Gasteiger partial charge in [0.25, 0.3) is 0 Å². The van der Waals surface area contributed by atoms with Crippen molar-refractivity contribution in [3.8, 4) is 0 Å². The minimum Gasteiger partial charge on any atom is -0.355 e. The number of amides is 1. The third-order valence-electron chi connectivity index (χ3n) is 5.33. The van der Waals surface area contributed by atoms with E-state index in [2.05, 4.69) is 10.3 Å². The van der Waals surface area contributed by atoms with Gasteiger partial charge in [-0.15, -0.1) is 0 Å². The van der Waals surface area contributed by atoms with E-state index < -0.39 is 10.0 Å². The molecule has 150 valence electrons. The van der Waals surface area contributed by atoms with Gasteiger partial charge in [-0.3, -0.25) is 4.79 Å². The van der Waals surface area contributed by atoms with Gasteiger partial charge in [-0.2, -0.15) is 4.31 Å². The summed E-state index contributed by atoms with van der Waals surface area (Å²) in [5, 5.41) is 3.68. The summed E-state index contributed by atoms with van der Waals surface area (Å²) in [6.07, 6.45) is 10.6. The maximum absolute atomic E-state index is 12.6. The molecule has 8 heteroatoms. The highest BCUT2D eigenvalue weighted by Crippen LogP contribution is 2.24. The molecule has 1 aromatic heterocycles. The lowest BCUT2D eigenvalue weighted by molar-refractivity contribution is -0.118. The van der Waals surface area contributed by atoms with Crippen molar-refractivity contribution in [2.45, 2.75) is 61.3 Å². The largest absolute Gasteiger partial charge is 0.355 e. The maximum atomic E-state index is 12.6. The molecule has 0 radical (unpaired) electrons. The number of thioether (sulfide) groups is 1. The molecule has 6 nitrogen and oxygen atoms in total. The monoisotopic (exact) mass is 411 g/mol. The first-order valence-electron chi connectivity index (χ1n) is 9.91. The average Bonchev–Trinajstić information content (AvgIpc) is 2.72. The van der Waals surface area contributed by atoms with Gasteiger partial charge in [-0.05, 0) is 43.7 Å². The Morgan fingerprint density at radius 2 is 1.81 bits per heavy atom. The summed E-state index contributed by atoms with van der Waals surface area (Å²) in [5.41, 5.74) is 0. The molecule has 1 amide bonds. The Morgan fingerprint density at radius 3 is 2.48 bits per heavy atom. The van der Waals surface area contributed by atoms with Crippen LogP contribution < -0.4 is 5.32 Å². The van der Waals surface area contributed by atoms with E-state index in [9.17, 15) is 13.2 Å². The Morgan fingerprint density at radius 1 is 1.11 bits per heavy atom. The van der Waals surface area contributed by atoms with Crippen molar-refractivity contribution >= 4 is 27.7 Å². The zero-order chi connectivity index (χ0) is 19.1. The van der Waals surface area contributed by atoms with Gasteiger partial charge in [0.1, 0.15) is 4.90 Å².